The van der Waals surface area contributed by atoms with Crippen molar-refractivity contribution in [3.63, 3.8) is 0 Å². The molecule has 0 radical (unpaired) electrons. The SMILES string of the molecule is C=C(/C=C(C)\C=C/C)n1cnc2ccccc2c1=O. The molecule has 0 N–H and O–H groups in total. The van der Waals surface area contributed by atoms with Crippen LogP contribution in [0.3, 0.4) is 0 Å². The monoisotopic (exact) mass is 252 g/mol. The standard InChI is InChI=1S/C16H16N2O/c1-4-7-12(2)10-13(3)18-11-17-15-9-6-5-8-14(15)16(18)19/h4-11H,3H2,1-2H3/b7-4-,12-10-. The Kier molecular flexibility index (Phi) is 3.76. The zero-order valence-electron chi connectivity index (χ0n) is 11.1. The highest BCUT2D eigenvalue weighted by atomic mass is 16.1. The molecule has 2 rings (SSSR count). The van der Waals surface area contributed by atoms with Crippen LogP contribution < -0.4 is 5.56 Å². The summed E-state index contributed by atoms with van der Waals surface area (Å²) >= 11 is 0. The molecule has 2 aromatic rings. The molecule has 0 saturated heterocycles. The van der Waals surface area contributed by atoms with E-state index in [0.717, 1.165) is 5.57 Å². The van der Waals surface area contributed by atoms with Gasteiger partial charge in [-0.15, -0.1) is 0 Å². The van der Waals surface area contributed by atoms with Gasteiger partial charge in [-0.1, -0.05) is 30.9 Å². The molecule has 3 heteroatoms. The van der Waals surface area contributed by atoms with Crippen molar-refractivity contribution in [3.05, 3.63) is 71.3 Å². The summed E-state index contributed by atoms with van der Waals surface area (Å²) in [4.78, 5) is 16.6. The smallest absolute Gasteiger partial charge is 0.265 e. The van der Waals surface area contributed by atoms with E-state index in [1.54, 1.807) is 6.07 Å². The van der Waals surface area contributed by atoms with Crippen LogP contribution in [-0.2, 0) is 0 Å². The van der Waals surface area contributed by atoms with Gasteiger partial charge >= 0.3 is 0 Å². The molecule has 19 heavy (non-hydrogen) atoms. The quantitative estimate of drug-likeness (QED) is 0.785. The first-order valence-electron chi connectivity index (χ1n) is 6.10. The second kappa shape index (κ2) is 5.48. The number of allylic oxidation sites excluding steroid dienone is 5. The maximum atomic E-state index is 12.3. The molecule has 0 amide bonds. The van der Waals surface area contributed by atoms with Gasteiger partial charge in [-0.2, -0.15) is 0 Å². The van der Waals surface area contributed by atoms with E-state index < -0.39 is 0 Å². The van der Waals surface area contributed by atoms with Gasteiger partial charge in [0.2, 0.25) is 0 Å². The fourth-order valence-electron chi connectivity index (χ4n) is 1.92. The average molecular weight is 252 g/mol. The number of para-hydroxylation sites is 1. The summed E-state index contributed by atoms with van der Waals surface area (Å²) in [6.45, 7) is 7.84. The third kappa shape index (κ3) is 2.71. The maximum Gasteiger partial charge on any atom is 0.265 e. The van der Waals surface area contributed by atoms with E-state index in [-0.39, 0.29) is 5.56 Å². The van der Waals surface area contributed by atoms with E-state index >= 15 is 0 Å². The van der Waals surface area contributed by atoms with Crippen molar-refractivity contribution in [3.8, 4) is 0 Å². The van der Waals surface area contributed by atoms with Gasteiger partial charge in [-0.3, -0.25) is 9.36 Å². The predicted molar refractivity (Wildman–Crippen MR) is 79.9 cm³/mol. The molecule has 0 saturated carbocycles. The normalized spacial score (nSPS) is 12.2. The van der Waals surface area contributed by atoms with Crippen LogP contribution in [0.25, 0.3) is 16.6 Å². The van der Waals surface area contributed by atoms with Crippen molar-refractivity contribution in [2.24, 2.45) is 0 Å². The third-order valence-corrected chi connectivity index (χ3v) is 2.80. The molecule has 3 nitrogen and oxygen atoms in total. The first-order chi connectivity index (χ1) is 9.13. The van der Waals surface area contributed by atoms with E-state index in [0.29, 0.717) is 16.6 Å². The first kappa shape index (κ1) is 13.0. The van der Waals surface area contributed by atoms with Crippen molar-refractivity contribution < 1.29 is 0 Å². The number of fused-ring (bicyclic) bond motifs is 1. The lowest BCUT2D eigenvalue weighted by Gasteiger charge is -2.06. The summed E-state index contributed by atoms with van der Waals surface area (Å²) in [7, 11) is 0. The van der Waals surface area contributed by atoms with Crippen LogP contribution >= 0.6 is 0 Å². The third-order valence-electron chi connectivity index (χ3n) is 2.80. The van der Waals surface area contributed by atoms with E-state index in [1.165, 1.54) is 10.9 Å². The second-order valence-corrected chi connectivity index (χ2v) is 4.32. The Morgan fingerprint density at radius 2 is 2.11 bits per heavy atom. The van der Waals surface area contributed by atoms with Crippen molar-refractivity contribution >= 4 is 16.6 Å². The number of hydrogen-bond donors (Lipinski definition) is 0. The molecule has 0 atom stereocenters. The van der Waals surface area contributed by atoms with Gasteiger partial charge in [0.15, 0.2) is 0 Å². The van der Waals surface area contributed by atoms with Gasteiger partial charge < -0.3 is 0 Å². The highest BCUT2D eigenvalue weighted by Gasteiger charge is 2.04. The minimum Gasteiger partial charge on any atom is -0.268 e. The molecule has 1 aromatic carbocycles. The molecule has 0 aliphatic carbocycles. The van der Waals surface area contributed by atoms with Gasteiger partial charge in [-0.25, -0.2) is 4.98 Å². The highest BCUT2D eigenvalue weighted by molar-refractivity contribution is 5.78. The van der Waals surface area contributed by atoms with Crippen molar-refractivity contribution in [1.82, 2.24) is 9.55 Å². The van der Waals surface area contributed by atoms with Crippen LogP contribution in [-0.4, -0.2) is 9.55 Å². The van der Waals surface area contributed by atoms with Crippen molar-refractivity contribution in [2.75, 3.05) is 0 Å². The number of aromatic nitrogens is 2. The van der Waals surface area contributed by atoms with Crippen molar-refractivity contribution in [1.29, 1.82) is 0 Å². The Bertz CT molecular complexity index is 736. The molecule has 0 spiro atoms. The molecule has 0 fully saturated rings. The Hall–Kier alpha value is -2.42. The summed E-state index contributed by atoms with van der Waals surface area (Å²) in [5.41, 5.74) is 2.25. The van der Waals surface area contributed by atoms with Gasteiger partial charge in [-0.05, 0) is 37.6 Å². The topological polar surface area (TPSA) is 34.9 Å². The fraction of sp³-hybridized carbons (Fsp3) is 0.125. The minimum atomic E-state index is -0.0971. The molecule has 1 heterocycles. The molecule has 0 unspecified atom stereocenters. The zero-order valence-corrected chi connectivity index (χ0v) is 11.1. The Morgan fingerprint density at radius 1 is 1.37 bits per heavy atom. The summed E-state index contributed by atoms with van der Waals surface area (Å²) < 4.78 is 1.47. The van der Waals surface area contributed by atoms with Gasteiger partial charge in [0.25, 0.3) is 5.56 Å². The van der Waals surface area contributed by atoms with Gasteiger partial charge in [0.1, 0.15) is 6.33 Å². The number of nitrogens with zero attached hydrogens (tertiary/aromatic N) is 2. The fourth-order valence-corrected chi connectivity index (χ4v) is 1.92. The molecule has 0 aliphatic rings. The average Bonchev–Trinajstić information content (AvgIpc) is 2.39. The second-order valence-electron chi connectivity index (χ2n) is 4.32. The lowest BCUT2D eigenvalue weighted by atomic mass is 10.2. The molecule has 96 valence electrons. The van der Waals surface area contributed by atoms with Crippen LogP contribution in [0.4, 0.5) is 0 Å². The maximum absolute atomic E-state index is 12.3. The van der Waals surface area contributed by atoms with Gasteiger partial charge in [0, 0.05) is 5.70 Å². The summed E-state index contributed by atoms with van der Waals surface area (Å²) in [6.07, 6.45) is 7.29. The Balaban J connectivity index is 2.52. The highest BCUT2D eigenvalue weighted by Crippen LogP contribution is 2.09. The summed E-state index contributed by atoms with van der Waals surface area (Å²) in [5, 5.41) is 0.600. The minimum absolute atomic E-state index is 0.0971. The molecule has 0 bridgehead atoms. The molecular weight excluding hydrogens is 236 g/mol. The zero-order chi connectivity index (χ0) is 13.8. The lowest BCUT2D eigenvalue weighted by molar-refractivity contribution is 0.997. The van der Waals surface area contributed by atoms with E-state index in [4.69, 9.17) is 0 Å². The lowest BCUT2D eigenvalue weighted by Crippen LogP contribution is -2.18. The summed E-state index contributed by atoms with van der Waals surface area (Å²) in [5.74, 6) is 0. The van der Waals surface area contributed by atoms with Crippen LogP contribution in [0.5, 0.6) is 0 Å². The van der Waals surface area contributed by atoms with Crippen LogP contribution in [0, 0.1) is 0 Å². The van der Waals surface area contributed by atoms with E-state index in [9.17, 15) is 4.79 Å². The number of hydrogen-bond acceptors (Lipinski definition) is 2. The van der Waals surface area contributed by atoms with Gasteiger partial charge in [0.05, 0.1) is 10.9 Å². The summed E-state index contributed by atoms with van der Waals surface area (Å²) in [6, 6.07) is 7.30. The predicted octanol–water partition coefficient (Wildman–Crippen LogP) is 3.39. The largest absolute Gasteiger partial charge is 0.268 e. The number of rotatable bonds is 3. The molecular formula is C16H16N2O. The van der Waals surface area contributed by atoms with Crippen LogP contribution in [0.1, 0.15) is 13.8 Å². The Morgan fingerprint density at radius 3 is 2.84 bits per heavy atom. The molecule has 0 aliphatic heterocycles. The Labute approximate surface area is 112 Å². The van der Waals surface area contributed by atoms with E-state index in [1.807, 2.05) is 50.3 Å². The first-order valence-corrected chi connectivity index (χ1v) is 6.10. The number of benzene rings is 1. The van der Waals surface area contributed by atoms with Crippen molar-refractivity contribution in [2.45, 2.75) is 13.8 Å². The van der Waals surface area contributed by atoms with E-state index in [2.05, 4.69) is 11.6 Å². The van der Waals surface area contributed by atoms with Crippen LogP contribution in [0.15, 0.2) is 65.8 Å². The molecule has 1 aromatic heterocycles. The van der Waals surface area contributed by atoms with Crippen LogP contribution in [0.2, 0.25) is 0 Å².